The Kier molecular flexibility index (Phi) is 3.15. The second kappa shape index (κ2) is 4.75. The lowest BCUT2D eigenvalue weighted by Crippen LogP contribution is -2.07. The largest absolute Gasteiger partial charge is 0.512 e. The van der Waals surface area contributed by atoms with Gasteiger partial charge in [0.1, 0.15) is 5.75 Å². The van der Waals surface area contributed by atoms with E-state index in [9.17, 15) is 5.11 Å². The third kappa shape index (κ3) is 2.57. The van der Waals surface area contributed by atoms with Crippen molar-refractivity contribution in [1.82, 2.24) is 0 Å². The molecule has 0 spiro atoms. The van der Waals surface area contributed by atoms with Crippen LogP contribution in [0.3, 0.4) is 0 Å². The maximum Gasteiger partial charge on any atom is 0.115 e. The predicted molar refractivity (Wildman–Crippen MR) is 64.6 cm³/mol. The van der Waals surface area contributed by atoms with Gasteiger partial charge in [0.25, 0.3) is 0 Å². The molecule has 0 atom stereocenters. The molecule has 2 rings (SSSR count). The Bertz CT molecular complexity index is 418. The molecule has 0 fully saturated rings. The monoisotopic (exact) mass is 217 g/mol. The van der Waals surface area contributed by atoms with Gasteiger partial charge in [0.2, 0.25) is 0 Å². The Labute approximate surface area is 94.7 Å². The van der Waals surface area contributed by atoms with E-state index in [-0.39, 0.29) is 5.75 Å². The first-order chi connectivity index (χ1) is 7.75. The molecule has 1 aliphatic rings. The fourth-order valence-electron chi connectivity index (χ4n) is 1.64. The lowest BCUT2D eigenvalue weighted by Gasteiger charge is -2.12. The number of aliphatic hydroxyl groups is 1. The first kappa shape index (κ1) is 10.6. The van der Waals surface area contributed by atoms with Crippen LogP contribution in [-0.4, -0.2) is 16.8 Å². The molecule has 0 bridgehead atoms. The van der Waals surface area contributed by atoms with Crippen LogP contribution in [0.1, 0.15) is 12.8 Å². The van der Waals surface area contributed by atoms with Crippen molar-refractivity contribution in [2.75, 3.05) is 11.9 Å². The molecule has 16 heavy (non-hydrogen) atoms. The van der Waals surface area contributed by atoms with Gasteiger partial charge in [0.15, 0.2) is 0 Å². The molecule has 0 saturated carbocycles. The van der Waals surface area contributed by atoms with Crippen molar-refractivity contribution in [1.29, 1.82) is 0 Å². The van der Waals surface area contributed by atoms with E-state index in [1.807, 2.05) is 6.08 Å². The van der Waals surface area contributed by atoms with Crippen LogP contribution in [0.2, 0.25) is 0 Å². The van der Waals surface area contributed by atoms with E-state index < -0.39 is 0 Å². The Balaban J connectivity index is 1.97. The van der Waals surface area contributed by atoms with Crippen LogP contribution in [0.25, 0.3) is 0 Å². The van der Waals surface area contributed by atoms with Crippen LogP contribution in [0.15, 0.2) is 47.7 Å². The molecule has 1 aromatic carbocycles. The molecular weight excluding hydrogens is 202 g/mol. The summed E-state index contributed by atoms with van der Waals surface area (Å²) in [4.78, 5) is 0. The zero-order valence-electron chi connectivity index (χ0n) is 8.98. The third-order valence-electron chi connectivity index (χ3n) is 2.59. The van der Waals surface area contributed by atoms with Crippen LogP contribution in [0.4, 0.5) is 5.69 Å². The summed E-state index contributed by atoms with van der Waals surface area (Å²) in [6.07, 6.45) is 5.65. The zero-order chi connectivity index (χ0) is 11.4. The minimum absolute atomic E-state index is 0.255. The van der Waals surface area contributed by atoms with Crippen molar-refractivity contribution in [3.05, 3.63) is 47.7 Å². The normalized spacial score (nSPS) is 15.2. The molecule has 0 radical (unpaired) electrons. The van der Waals surface area contributed by atoms with Crippen molar-refractivity contribution in [2.24, 2.45) is 0 Å². The number of aromatic hydroxyl groups is 1. The van der Waals surface area contributed by atoms with E-state index in [2.05, 4.69) is 11.4 Å². The fourth-order valence-corrected chi connectivity index (χ4v) is 1.64. The minimum atomic E-state index is 0.255. The summed E-state index contributed by atoms with van der Waals surface area (Å²) in [5.41, 5.74) is 1.86. The summed E-state index contributed by atoms with van der Waals surface area (Å²) in [7, 11) is 0. The number of phenolic OH excluding ortho intramolecular Hbond substituents is 1. The number of allylic oxidation sites excluding steroid dienone is 2. The highest BCUT2D eigenvalue weighted by Gasteiger charge is 2.06. The van der Waals surface area contributed by atoms with Crippen molar-refractivity contribution < 1.29 is 10.2 Å². The number of hydrogen-bond donors (Lipinski definition) is 3. The summed E-state index contributed by atoms with van der Waals surface area (Å²) >= 11 is 0. The van der Waals surface area contributed by atoms with Crippen LogP contribution < -0.4 is 5.32 Å². The van der Waals surface area contributed by atoms with E-state index in [1.54, 1.807) is 24.3 Å². The van der Waals surface area contributed by atoms with Crippen LogP contribution >= 0.6 is 0 Å². The van der Waals surface area contributed by atoms with Crippen molar-refractivity contribution >= 4 is 5.69 Å². The van der Waals surface area contributed by atoms with Gasteiger partial charge < -0.3 is 15.5 Å². The highest BCUT2D eigenvalue weighted by Crippen LogP contribution is 2.18. The highest BCUT2D eigenvalue weighted by molar-refractivity contribution is 5.48. The number of rotatable bonds is 3. The lowest BCUT2D eigenvalue weighted by atomic mass is 10.1. The van der Waals surface area contributed by atoms with E-state index in [4.69, 9.17) is 5.11 Å². The molecule has 3 nitrogen and oxygen atoms in total. The van der Waals surface area contributed by atoms with E-state index in [1.165, 1.54) is 0 Å². The van der Waals surface area contributed by atoms with Crippen LogP contribution in [0.5, 0.6) is 5.75 Å². The Morgan fingerprint density at radius 1 is 1.12 bits per heavy atom. The van der Waals surface area contributed by atoms with Crippen molar-refractivity contribution in [3.63, 3.8) is 0 Å². The standard InChI is InChI=1S/C13H15NO2/c15-12-7-5-11(6-8-12)14-9-10-3-1-2-4-13(10)16/h1,3,5-8,14-16H,2,4,9H2. The van der Waals surface area contributed by atoms with Gasteiger partial charge in [-0.15, -0.1) is 0 Å². The van der Waals surface area contributed by atoms with Gasteiger partial charge in [-0.05, 0) is 30.7 Å². The number of benzene rings is 1. The molecule has 84 valence electrons. The van der Waals surface area contributed by atoms with Crippen LogP contribution in [0, 0.1) is 0 Å². The van der Waals surface area contributed by atoms with Gasteiger partial charge in [0, 0.05) is 24.2 Å². The summed E-state index contributed by atoms with van der Waals surface area (Å²) in [6, 6.07) is 6.87. The molecule has 1 aliphatic carbocycles. The molecule has 0 aromatic heterocycles. The van der Waals surface area contributed by atoms with Gasteiger partial charge in [-0.2, -0.15) is 0 Å². The average molecular weight is 217 g/mol. The van der Waals surface area contributed by atoms with Gasteiger partial charge in [0.05, 0.1) is 5.76 Å². The molecule has 0 heterocycles. The maximum atomic E-state index is 9.64. The van der Waals surface area contributed by atoms with E-state index in [0.29, 0.717) is 12.3 Å². The zero-order valence-corrected chi connectivity index (χ0v) is 8.98. The van der Waals surface area contributed by atoms with Gasteiger partial charge in [-0.3, -0.25) is 0 Å². The fraction of sp³-hybridized carbons (Fsp3) is 0.231. The van der Waals surface area contributed by atoms with Gasteiger partial charge in [-0.1, -0.05) is 12.2 Å². The number of nitrogens with one attached hydrogen (secondary N) is 1. The van der Waals surface area contributed by atoms with Crippen molar-refractivity contribution in [2.45, 2.75) is 12.8 Å². The molecule has 0 saturated heterocycles. The van der Waals surface area contributed by atoms with E-state index in [0.717, 1.165) is 24.1 Å². The Morgan fingerprint density at radius 2 is 1.88 bits per heavy atom. The molecule has 3 N–H and O–H groups in total. The lowest BCUT2D eigenvalue weighted by molar-refractivity contribution is 0.381. The summed E-state index contributed by atoms with van der Waals surface area (Å²) in [5.74, 6) is 0.721. The van der Waals surface area contributed by atoms with Gasteiger partial charge >= 0.3 is 0 Å². The maximum absolute atomic E-state index is 9.64. The predicted octanol–water partition coefficient (Wildman–Crippen LogP) is 2.97. The quantitative estimate of drug-likeness (QED) is 0.682. The number of hydrogen-bond acceptors (Lipinski definition) is 3. The number of phenols is 1. The topological polar surface area (TPSA) is 52.5 Å². The molecule has 0 aliphatic heterocycles. The SMILES string of the molecule is OC1=C(CNc2ccc(O)cc2)C=CCC1. The second-order valence-corrected chi connectivity index (χ2v) is 3.81. The summed E-state index contributed by atoms with van der Waals surface area (Å²) in [5, 5.41) is 22.0. The highest BCUT2D eigenvalue weighted by atomic mass is 16.3. The van der Waals surface area contributed by atoms with Gasteiger partial charge in [-0.25, -0.2) is 0 Å². The average Bonchev–Trinajstić information content (AvgIpc) is 2.30. The Hall–Kier alpha value is -1.90. The Morgan fingerprint density at radius 3 is 2.56 bits per heavy atom. The summed E-state index contributed by atoms with van der Waals surface area (Å²) < 4.78 is 0. The smallest absolute Gasteiger partial charge is 0.115 e. The molecule has 1 aromatic rings. The number of anilines is 1. The molecule has 3 heteroatoms. The van der Waals surface area contributed by atoms with Crippen molar-refractivity contribution in [3.8, 4) is 5.75 Å². The van der Waals surface area contributed by atoms with Crippen LogP contribution in [-0.2, 0) is 0 Å². The second-order valence-electron chi connectivity index (χ2n) is 3.81. The third-order valence-corrected chi connectivity index (χ3v) is 2.59. The molecule has 0 unspecified atom stereocenters. The first-order valence-electron chi connectivity index (χ1n) is 5.36. The molecule has 0 amide bonds. The minimum Gasteiger partial charge on any atom is -0.512 e. The van der Waals surface area contributed by atoms with E-state index >= 15 is 0 Å². The number of aliphatic hydroxyl groups excluding tert-OH is 1. The molecular formula is C13H15NO2. The first-order valence-corrected chi connectivity index (χ1v) is 5.36. The summed E-state index contributed by atoms with van der Waals surface area (Å²) in [6.45, 7) is 0.604.